The van der Waals surface area contributed by atoms with Crippen molar-refractivity contribution in [1.29, 1.82) is 0 Å². The molecule has 0 spiro atoms. The van der Waals surface area contributed by atoms with E-state index in [-0.39, 0.29) is 11.9 Å². The van der Waals surface area contributed by atoms with Crippen LogP contribution in [0.15, 0.2) is 72.8 Å². The summed E-state index contributed by atoms with van der Waals surface area (Å²) in [5.41, 5.74) is 5.99. The Bertz CT molecular complexity index is 1060. The molecule has 0 saturated carbocycles. The lowest BCUT2D eigenvalue weighted by molar-refractivity contribution is -0.120. The smallest absolute Gasteiger partial charge is 0.224 e. The molecule has 1 aliphatic heterocycles. The van der Waals surface area contributed by atoms with E-state index >= 15 is 0 Å². The summed E-state index contributed by atoms with van der Waals surface area (Å²) in [6.07, 6.45) is 1.39. The van der Waals surface area contributed by atoms with Gasteiger partial charge in [0.25, 0.3) is 0 Å². The Balaban J connectivity index is 1.48. The average Bonchev–Trinajstić information content (AvgIpc) is 3.25. The molecule has 0 aromatic heterocycles. The molecule has 5 nitrogen and oxygen atoms in total. The third-order valence-corrected chi connectivity index (χ3v) is 6.19. The van der Waals surface area contributed by atoms with Gasteiger partial charge < -0.3 is 19.9 Å². The summed E-state index contributed by atoms with van der Waals surface area (Å²) in [5.74, 6) is 0.858. The van der Waals surface area contributed by atoms with Crippen molar-refractivity contribution in [2.75, 3.05) is 43.6 Å². The number of ether oxygens (including phenoxy) is 1. The minimum atomic E-state index is 0.0292. The Hall–Kier alpha value is -3.47. The summed E-state index contributed by atoms with van der Waals surface area (Å²) in [7, 11) is 4.09. The number of hydrogen-bond donors (Lipinski definition) is 1. The van der Waals surface area contributed by atoms with Crippen molar-refractivity contribution < 1.29 is 9.53 Å². The first-order chi connectivity index (χ1) is 16.0. The van der Waals surface area contributed by atoms with Crippen molar-refractivity contribution in [2.45, 2.75) is 25.8 Å². The van der Waals surface area contributed by atoms with Gasteiger partial charge >= 0.3 is 0 Å². The highest BCUT2D eigenvalue weighted by Crippen LogP contribution is 2.35. The fourth-order valence-electron chi connectivity index (χ4n) is 4.42. The summed E-state index contributed by atoms with van der Waals surface area (Å²) in [6, 6.07) is 25.1. The van der Waals surface area contributed by atoms with Crippen LogP contribution in [0, 0.1) is 0 Å². The van der Waals surface area contributed by atoms with Crippen LogP contribution in [0.5, 0.6) is 5.75 Å². The minimum Gasteiger partial charge on any atom is -0.494 e. The van der Waals surface area contributed by atoms with E-state index in [9.17, 15) is 4.79 Å². The van der Waals surface area contributed by atoms with Crippen LogP contribution in [0.25, 0.3) is 0 Å². The quantitative estimate of drug-likeness (QED) is 0.524. The van der Waals surface area contributed by atoms with Crippen molar-refractivity contribution in [3.8, 4) is 5.75 Å². The van der Waals surface area contributed by atoms with Crippen LogP contribution >= 0.6 is 0 Å². The first kappa shape index (κ1) is 22.7. The Morgan fingerprint density at radius 2 is 1.76 bits per heavy atom. The van der Waals surface area contributed by atoms with Gasteiger partial charge in [0.15, 0.2) is 0 Å². The normalized spacial score (nSPS) is 13.4. The molecule has 0 saturated heterocycles. The molecule has 0 bridgehead atoms. The van der Waals surface area contributed by atoms with Crippen LogP contribution in [0.1, 0.15) is 29.7 Å². The molecule has 1 aliphatic rings. The van der Waals surface area contributed by atoms with Gasteiger partial charge in [0.1, 0.15) is 5.75 Å². The van der Waals surface area contributed by atoms with Crippen molar-refractivity contribution in [2.24, 2.45) is 0 Å². The van der Waals surface area contributed by atoms with Gasteiger partial charge in [-0.05, 0) is 60.4 Å². The lowest BCUT2D eigenvalue weighted by atomic mass is 10.0. The minimum absolute atomic E-state index is 0.0292. The SMILES string of the molecule is CCOc1ccc(CC(=O)NC[C@H](c2ccc(N(C)C)cc2)N2CCc3ccccc32)cc1. The van der Waals surface area contributed by atoms with Crippen LogP contribution < -0.4 is 19.9 Å². The molecule has 0 aliphatic carbocycles. The second-order valence-electron chi connectivity index (χ2n) is 8.63. The molecule has 0 radical (unpaired) electrons. The van der Waals surface area contributed by atoms with Gasteiger partial charge in [0.2, 0.25) is 5.91 Å². The first-order valence-electron chi connectivity index (χ1n) is 11.7. The molecule has 1 N–H and O–H groups in total. The zero-order valence-corrected chi connectivity index (χ0v) is 19.8. The third-order valence-electron chi connectivity index (χ3n) is 6.19. The number of hydrogen-bond acceptors (Lipinski definition) is 4. The number of rotatable bonds is 9. The van der Waals surface area contributed by atoms with Crippen LogP contribution in [-0.2, 0) is 17.6 Å². The summed E-state index contributed by atoms with van der Waals surface area (Å²) in [6.45, 7) is 4.11. The van der Waals surface area contributed by atoms with Crippen LogP contribution in [0.3, 0.4) is 0 Å². The van der Waals surface area contributed by atoms with Gasteiger partial charge in [-0.15, -0.1) is 0 Å². The number of amides is 1. The largest absolute Gasteiger partial charge is 0.494 e. The number of fused-ring (bicyclic) bond motifs is 1. The summed E-state index contributed by atoms with van der Waals surface area (Å²) < 4.78 is 5.49. The molecule has 172 valence electrons. The van der Waals surface area contributed by atoms with E-state index in [0.29, 0.717) is 19.6 Å². The fraction of sp³-hybridized carbons (Fsp3) is 0.321. The average molecular weight is 444 g/mol. The fourth-order valence-corrected chi connectivity index (χ4v) is 4.42. The molecule has 0 unspecified atom stereocenters. The van der Waals surface area contributed by atoms with Crippen molar-refractivity contribution in [3.05, 3.63) is 89.5 Å². The van der Waals surface area contributed by atoms with E-state index in [1.807, 2.05) is 45.3 Å². The molecule has 1 heterocycles. The zero-order chi connectivity index (χ0) is 23.2. The number of benzene rings is 3. The molecule has 3 aromatic carbocycles. The maximum atomic E-state index is 12.8. The van der Waals surface area contributed by atoms with Crippen LogP contribution in [0.4, 0.5) is 11.4 Å². The first-order valence-corrected chi connectivity index (χ1v) is 11.7. The molecule has 1 amide bonds. The number of para-hydroxylation sites is 1. The van der Waals surface area contributed by atoms with Crippen molar-refractivity contribution in [1.82, 2.24) is 5.32 Å². The van der Waals surface area contributed by atoms with Gasteiger partial charge in [-0.3, -0.25) is 4.79 Å². The predicted octanol–water partition coefficient (Wildman–Crippen LogP) is 4.61. The summed E-state index contributed by atoms with van der Waals surface area (Å²) >= 11 is 0. The van der Waals surface area contributed by atoms with Crippen molar-refractivity contribution >= 4 is 17.3 Å². The number of nitrogens with zero attached hydrogens (tertiary/aromatic N) is 2. The Morgan fingerprint density at radius 3 is 2.45 bits per heavy atom. The van der Waals surface area contributed by atoms with Crippen LogP contribution in [0.2, 0.25) is 0 Å². The lowest BCUT2D eigenvalue weighted by Crippen LogP contribution is -2.38. The number of carbonyl (C=O) groups is 1. The van der Waals surface area contributed by atoms with Gasteiger partial charge in [0.05, 0.1) is 19.1 Å². The summed E-state index contributed by atoms with van der Waals surface area (Å²) in [4.78, 5) is 17.3. The topological polar surface area (TPSA) is 44.8 Å². The highest BCUT2D eigenvalue weighted by Gasteiger charge is 2.27. The van der Waals surface area contributed by atoms with Gasteiger partial charge in [-0.25, -0.2) is 0 Å². The highest BCUT2D eigenvalue weighted by atomic mass is 16.5. The zero-order valence-electron chi connectivity index (χ0n) is 19.8. The molecular formula is C28H33N3O2. The molecule has 4 rings (SSSR count). The molecule has 3 aromatic rings. The Kier molecular flexibility index (Phi) is 7.18. The van der Waals surface area contributed by atoms with E-state index < -0.39 is 0 Å². The van der Waals surface area contributed by atoms with Crippen molar-refractivity contribution in [3.63, 3.8) is 0 Å². The van der Waals surface area contributed by atoms with E-state index in [2.05, 4.69) is 63.6 Å². The van der Waals surface area contributed by atoms with Gasteiger partial charge in [0, 0.05) is 38.6 Å². The van der Waals surface area contributed by atoms with Crippen LogP contribution in [-0.4, -0.2) is 39.7 Å². The standard InChI is InChI=1S/C28H33N3O2/c1-4-33-25-15-9-21(10-16-25)19-28(32)29-20-27(23-11-13-24(14-12-23)30(2)3)31-18-17-22-7-5-6-8-26(22)31/h5-16,27H,4,17-20H2,1-3H3,(H,29,32)/t27-/m1/s1. The second-order valence-corrected chi connectivity index (χ2v) is 8.63. The lowest BCUT2D eigenvalue weighted by Gasteiger charge is -2.31. The number of nitrogens with one attached hydrogen (secondary N) is 1. The predicted molar refractivity (Wildman–Crippen MR) is 135 cm³/mol. The number of anilines is 2. The van der Waals surface area contributed by atoms with E-state index in [0.717, 1.165) is 24.3 Å². The summed E-state index contributed by atoms with van der Waals surface area (Å²) in [5, 5.41) is 3.19. The maximum Gasteiger partial charge on any atom is 0.224 e. The van der Waals surface area contributed by atoms with E-state index in [1.54, 1.807) is 0 Å². The van der Waals surface area contributed by atoms with Gasteiger partial charge in [-0.1, -0.05) is 42.5 Å². The molecule has 33 heavy (non-hydrogen) atoms. The van der Waals surface area contributed by atoms with E-state index in [4.69, 9.17) is 4.74 Å². The maximum absolute atomic E-state index is 12.8. The Morgan fingerprint density at radius 1 is 1.03 bits per heavy atom. The molecule has 5 heteroatoms. The highest BCUT2D eigenvalue weighted by molar-refractivity contribution is 5.78. The Labute approximate surface area is 197 Å². The third kappa shape index (κ3) is 5.48. The molecular weight excluding hydrogens is 410 g/mol. The molecule has 0 fully saturated rings. The van der Waals surface area contributed by atoms with E-state index in [1.165, 1.54) is 22.5 Å². The second kappa shape index (κ2) is 10.4. The monoisotopic (exact) mass is 443 g/mol. The molecule has 1 atom stereocenters. The number of carbonyl (C=O) groups excluding carboxylic acids is 1. The van der Waals surface area contributed by atoms with Gasteiger partial charge in [-0.2, -0.15) is 0 Å².